The molecule has 0 saturated heterocycles. The van der Waals surface area contributed by atoms with Gasteiger partial charge in [-0.25, -0.2) is 9.69 Å². The Kier molecular flexibility index (Phi) is 4.65. The number of thioether (sulfide) groups is 1. The lowest BCUT2D eigenvalue weighted by Crippen LogP contribution is -2.45. The first-order valence-electron chi connectivity index (χ1n) is 7.53. The molecule has 0 bridgehead atoms. The SMILES string of the molecule is O=C(c1cccs1)N1CCSc2nnc(COc3ccc(Cl)cc3)n21. The molecule has 0 spiro atoms. The van der Waals surface area contributed by atoms with E-state index in [2.05, 4.69) is 10.2 Å². The molecule has 25 heavy (non-hydrogen) atoms. The molecule has 0 saturated carbocycles. The van der Waals surface area contributed by atoms with Crippen molar-refractivity contribution in [3.63, 3.8) is 0 Å². The van der Waals surface area contributed by atoms with E-state index in [1.807, 2.05) is 17.5 Å². The van der Waals surface area contributed by atoms with Crippen LogP contribution in [0.15, 0.2) is 46.9 Å². The van der Waals surface area contributed by atoms with Gasteiger partial charge in [-0.15, -0.1) is 21.5 Å². The van der Waals surface area contributed by atoms with Gasteiger partial charge in [0.1, 0.15) is 12.4 Å². The summed E-state index contributed by atoms with van der Waals surface area (Å²) in [6.07, 6.45) is 0. The number of amides is 1. The van der Waals surface area contributed by atoms with E-state index in [0.29, 0.717) is 33.2 Å². The van der Waals surface area contributed by atoms with Crippen LogP contribution in [-0.4, -0.2) is 33.1 Å². The first-order valence-corrected chi connectivity index (χ1v) is 9.78. The van der Waals surface area contributed by atoms with Gasteiger partial charge >= 0.3 is 0 Å². The highest BCUT2D eigenvalue weighted by Crippen LogP contribution is 2.25. The number of carbonyl (C=O) groups excluding carboxylic acids is 1. The monoisotopic (exact) mass is 392 g/mol. The van der Waals surface area contributed by atoms with Crippen LogP contribution in [0.1, 0.15) is 15.5 Å². The maximum Gasteiger partial charge on any atom is 0.282 e. The van der Waals surface area contributed by atoms with Crippen LogP contribution >= 0.6 is 34.7 Å². The Morgan fingerprint density at radius 1 is 1.24 bits per heavy atom. The molecule has 0 radical (unpaired) electrons. The number of benzene rings is 1. The molecule has 0 fully saturated rings. The first-order chi connectivity index (χ1) is 12.2. The molecule has 0 atom stereocenters. The molecule has 1 aliphatic heterocycles. The van der Waals surface area contributed by atoms with Crippen molar-refractivity contribution >= 4 is 40.6 Å². The highest BCUT2D eigenvalue weighted by molar-refractivity contribution is 7.99. The highest BCUT2D eigenvalue weighted by atomic mass is 35.5. The average Bonchev–Trinajstić information content (AvgIpc) is 3.30. The van der Waals surface area contributed by atoms with Crippen molar-refractivity contribution in [2.45, 2.75) is 11.8 Å². The fourth-order valence-corrected chi connectivity index (χ4v) is 4.10. The van der Waals surface area contributed by atoms with Crippen molar-refractivity contribution in [3.8, 4) is 5.75 Å². The summed E-state index contributed by atoms with van der Waals surface area (Å²) in [5.41, 5.74) is 0. The van der Waals surface area contributed by atoms with Gasteiger partial charge in [-0.3, -0.25) is 4.79 Å². The number of hydrogen-bond donors (Lipinski definition) is 0. The van der Waals surface area contributed by atoms with Gasteiger partial charge in [-0.1, -0.05) is 29.4 Å². The quantitative estimate of drug-likeness (QED) is 0.680. The molecule has 3 aromatic rings. The van der Waals surface area contributed by atoms with E-state index < -0.39 is 0 Å². The summed E-state index contributed by atoms with van der Waals surface area (Å²) >= 11 is 8.88. The number of hydrogen-bond acceptors (Lipinski definition) is 6. The van der Waals surface area contributed by atoms with Crippen LogP contribution in [0.2, 0.25) is 5.02 Å². The molecule has 2 aromatic heterocycles. The van der Waals surface area contributed by atoms with E-state index in [-0.39, 0.29) is 12.5 Å². The Balaban J connectivity index is 1.57. The Bertz CT molecular complexity index is 880. The zero-order valence-electron chi connectivity index (χ0n) is 13.0. The van der Waals surface area contributed by atoms with Gasteiger partial charge in [0, 0.05) is 10.8 Å². The van der Waals surface area contributed by atoms with Gasteiger partial charge in [-0.05, 0) is 35.7 Å². The van der Waals surface area contributed by atoms with E-state index in [1.54, 1.807) is 45.7 Å². The minimum Gasteiger partial charge on any atom is -0.486 e. The molecule has 9 heteroatoms. The maximum absolute atomic E-state index is 12.8. The molecule has 1 aromatic carbocycles. The van der Waals surface area contributed by atoms with E-state index >= 15 is 0 Å². The molecule has 3 heterocycles. The van der Waals surface area contributed by atoms with Crippen LogP contribution < -0.4 is 9.75 Å². The van der Waals surface area contributed by atoms with Gasteiger partial charge < -0.3 is 4.74 Å². The van der Waals surface area contributed by atoms with Crippen molar-refractivity contribution in [1.82, 2.24) is 14.9 Å². The lowest BCUT2D eigenvalue weighted by atomic mass is 10.3. The third-order valence-corrected chi connectivity index (χ3v) is 5.61. The second kappa shape index (κ2) is 7.07. The van der Waals surface area contributed by atoms with Gasteiger partial charge in [0.2, 0.25) is 5.16 Å². The Labute approximate surface area is 157 Å². The van der Waals surface area contributed by atoms with Crippen LogP contribution in [0.25, 0.3) is 0 Å². The van der Waals surface area contributed by atoms with Gasteiger partial charge in [0.25, 0.3) is 5.91 Å². The predicted octanol–water partition coefficient (Wildman–Crippen LogP) is 3.46. The zero-order valence-corrected chi connectivity index (χ0v) is 15.4. The van der Waals surface area contributed by atoms with Gasteiger partial charge in [0.15, 0.2) is 5.82 Å². The third-order valence-electron chi connectivity index (χ3n) is 3.60. The summed E-state index contributed by atoms with van der Waals surface area (Å²) in [6, 6.07) is 10.8. The maximum atomic E-state index is 12.8. The average molecular weight is 393 g/mol. The molecule has 6 nitrogen and oxygen atoms in total. The summed E-state index contributed by atoms with van der Waals surface area (Å²) in [7, 11) is 0. The summed E-state index contributed by atoms with van der Waals surface area (Å²) in [5, 5.41) is 13.3. The zero-order chi connectivity index (χ0) is 17.2. The van der Waals surface area contributed by atoms with Crippen LogP contribution in [0.5, 0.6) is 5.75 Å². The normalized spacial score (nSPS) is 13.6. The van der Waals surface area contributed by atoms with Crippen LogP contribution in [0.4, 0.5) is 0 Å². The standard InChI is InChI=1S/C16H13ClN4O2S2/c17-11-3-5-12(6-4-11)23-10-14-18-19-16-21(14)20(7-9-25-16)15(22)13-2-1-8-24-13/h1-6,8H,7,9-10H2. The molecular weight excluding hydrogens is 380 g/mol. The molecule has 4 rings (SSSR count). The number of nitrogens with zero attached hydrogens (tertiary/aromatic N) is 4. The van der Waals surface area contributed by atoms with Gasteiger partial charge in [0.05, 0.1) is 11.4 Å². The van der Waals surface area contributed by atoms with Crippen molar-refractivity contribution in [3.05, 3.63) is 57.5 Å². The van der Waals surface area contributed by atoms with Crippen molar-refractivity contribution in [2.75, 3.05) is 17.3 Å². The molecule has 0 N–H and O–H groups in total. The molecule has 128 valence electrons. The number of fused-ring (bicyclic) bond motifs is 1. The fourth-order valence-electron chi connectivity index (χ4n) is 2.44. The summed E-state index contributed by atoms with van der Waals surface area (Å²) in [4.78, 5) is 13.5. The topological polar surface area (TPSA) is 60.3 Å². The number of halogens is 1. The second-order valence-electron chi connectivity index (χ2n) is 5.21. The number of aromatic nitrogens is 3. The first kappa shape index (κ1) is 16.4. The Hall–Kier alpha value is -2.03. The van der Waals surface area contributed by atoms with Crippen LogP contribution in [-0.2, 0) is 6.61 Å². The fraction of sp³-hybridized carbons (Fsp3) is 0.188. The number of rotatable bonds is 4. The Morgan fingerprint density at radius 2 is 2.08 bits per heavy atom. The lowest BCUT2D eigenvalue weighted by Gasteiger charge is -2.28. The van der Waals surface area contributed by atoms with Gasteiger partial charge in [-0.2, -0.15) is 0 Å². The minimum absolute atomic E-state index is 0.0518. The lowest BCUT2D eigenvalue weighted by molar-refractivity contribution is 0.0957. The van der Waals surface area contributed by atoms with Crippen molar-refractivity contribution in [1.29, 1.82) is 0 Å². The third kappa shape index (κ3) is 3.37. The van der Waals surface area contributed by atoms with Crippen LogP contribution in [0.3, 0.4) is 0 Å². The van der Waals surface area contributed by atoms with E-state index in [4.69, 9.17) is 16.3 Å². The van der Waals surface area contributed by atoms with Crippen LogP contribution in [0, 0.1) is 0 Å². The van der Waals surface area contributed by atoms with Crippen molar-refractivity contribution in [2.24, 2.45) is 0 Å². The molecular formula is C16H13ClN4O2S2. The van der Waals surface area contributed by atoms with E-state index in [9.17, 15) is 4.79 Å². The highest BCUT2D eigenvalue weighted by Gasteiger charge is 2.28. The predicted molar refractivity (Wildman–Crippen MR) is 98.3 cm³/mol. The molecule has 0 aliphatic carbocycles. The minimum atomic E-state index is -0.0518. The molecule has 1 aliphatic rings. The summed E-state index contributed by atoms with van der Waals surface area (Å²) in [6.45, 7) is 0.809. The van der Waals surface area contributed by atoms with E-state index in [0.717, 1.165) is 5.75 Å². The van der Waals surface area contributed by atoms with E-state index in [1.165, 1.54) is 11.3 Å². The van der Waals surface area contributed by atoms with Crippen molar-refractivity contribution < 1.29 is 9.53 Å². The molecule has 1 amide bonds. The number of ether oxygens (including phenoxy) is 1. The largest absolute Gasteiger partial charge is 0.486 e. The summed E-state index contributed by atoms with van der Waals surface area (Å²) < 4.78 is 7.52. The second-order valence-corrected chi connectivity index (χ2v) is 7.65. The smallest absolute Gasteiger partial charge is 0.282 e. The number of thiophene rings is 1. The summed E-state index contributed by atoms with van der Waals surface area (Å²) in [5.74, 6) is 2.00. The molecule has 0 unspecified atom stereocenters. The Morgan fingerprint density at radius 3 is 2.84 bits per heavy atom. The number of carbonyl (C=O) groups is 1.